The van der Waals surface area contributed by atoms with E-state index >= 15 is 0 Å². The van der Waals surface area contributed by atoms with Crippen molar-refractivity contribution in [2.45, 2.75) is 103 Å². The van der Waals surface area contributed by atoms with Crippen LogP contribution in [0.15, 0.2) is 0 Å². The summed E-state index contributed by atoms with van der Waals surface area (Å²) >= 11 is 0. The third-order valence-electron chi connectivity index (χ3n) is 4.68. The van der Waals surface area contributed by atoms with E-state index in [0.717, 1.165) is 19.6 Å². The molecule has 2 unspecified atom stereocenters. The Balaban J connectivity index is 1.75. The van der Waals surface area contributed by atoms with Crippen LogP contribution in [0.2, 0.25) is 0 Å². The second kappa shape index (κ2) is 10.6. The third-order valence-corrected chi connectivity index (χ3v) is 4.68. The molecule has 0 aliphatic carbocycles. The minimum Gasteiger partial charge on any atom is -0.378 e. The number of epoxide rings is 1. The molecule has 1 saturated heterocycles. The lowest BCUT2D eigenvalue weighted by atomic mass is 10.0. The van der Waals surface area contributed by atoms with Crippen molar-refractivity contribution in [2.75, 3.05) is 13.2 Å². The average molecular weight is 284 g/mol. The van der Waals surface area contributed by atoms with E-state index < -0.39 is 0 Å². The Kier molecular flexibility index (Phi) is 9.54. The first-order valence-electron chi connectivity index (χ1n) is 9.00. The van der Waals surface area contributed by atoms with Gasteiger partial charge in [0.1, 0.15) is 5.60 Å². The quantitative estimate of drug-likeness (QED) is 0.311. The Morgan fingerprint density at radius 1 is 0.850 bits per heavy atom. The zero-order valence-corrected chi connectivity index (χ0v) is 14.1. The molecule has 120 valence electrons. The maximum atomic E-state index is 5.77. The Morgan fingerprint density at radius 3 is 1.80 bits per heavy atom. The number of hydrogen-bond donors (Lipinski definition) is 0. The lowest BCUT2D eigenvalue weighted by Gasteiger charge is -2.10. The molecule has 0 N–H and O–H groups in total. The number of ether oxygens (including phenoxy) is 2. The highest BCUT2D eigenvalue weighted by Gasteiger charge is 2.51. The van der Waals surface area contributed by atoms with Crippen molar-refractivity contribution in [3.8, 4) is 0 Å². The van der Waals surface area contributed by atoms with Crippen molar-refractivity contribution >= 4 is 0 Å². The van der Waals surface area contributed by atoms with Gasteiger partial charge in [-0.15, -0.1) is 0 Å². The Hall–Kier alpha value is -0.0800. The van der Waals surface area contributed by atoms with Crippen LogP contribution in [0.5, 0.6) is 0 Å². The van der Waals surface area contributed by atoms with Crippen molar-refractivity contribution in [2.24, 2.45) is 0 Å². The summed E-state index contributed by atoms with van der Waals surface area (Å²) in [5, 5.41) is 0. The van der Waals surface area contributed by atoms with Crippen LogP contribution in [0, 0.1) is 0 Å². The molecular formula is C18H36O2. The first-order chi connectivity index (χ1) is 9.75. The molecule has 0 saturated carbocycles. The molecule has 0 bridgehead atoms. The van der Waals surface area contributed by atoms with Gasteiger partial charge in [0.05, 0.1) is 12.7 Å². The Bertz CT molecular complexity index is 225. The zero-order valence-electron chi connectivity index (χ0n) is 14.1. The molecule has 2 atom stereocenters. The van der Waals surface area contributed by atoms with E-state index in [2.05, 4.69) is 20.8 Å². The highest BCUT2D eigenvalue weighted by Crippen LogP contribution is 2.39. The number of hydrogen-bond acceptors (Lipinski definition) is 2. The zero-order chi connectivity index (χ0) is 14.7. The van der Waals surface area contributed by atoms with Gasteiger partial charge in [0.25, 0.3) is 0 Å². The number of rotatable bonds is 14. The monoisotopic (exact) mass is 284 g/mol. The van der Waals surface area contributed by atoms with Crippen molar-refractivity contribution in [1.82, 2.24) is 0 Å². The summed E-state index contributed by atoms with van der Waals surface area (Å²) < 4.78 is 11.4. The van der Waals surface area contributed by atoms with E-state index in [4.69, 9.17) is 9.47 Å². The van der Waals surface area contributed by atoms with Crippen molar-refractivity contribution in [1.29, 1.82) is 0 Å². The molecule has 1 rings (SSSR count). The standard InChI is InChI=1S/C18H36O2/c1-4-6-7-8-9-10-11-12-13-14-15-19-16-18(5-2)17(3)20-18/h17H,4-16H2,1-3H3. The minimum absolute atomic E-state index is 0.0679. The van der Waals surface area contributed by atoms with Gasteiger partial charge in [-0.25, -0.2) is 0 Å². The number of unbranched alkanes of at least 4 members (excludes halogenated alkanes) is 9. The molecule has 20 heavy (non-hydrogen) atoms. The fourth-order valence-electron chi connectivity index (χ4n) is 2.88. The van der Waals surface area contributed by atoms with Gasteiger partial charge in [-0.1, -0.05) is 71.6 Å². The van der Waals surface area contributed by atoms with Gasteiger partial charge in [-0.2, -0.15) is 0 Å². The summed E-state index contributed by atoms with van der Waals surface area (Å²) in [5.41, 5.74) is 0.0679. The lowest BCUT2D eigenvalue weighted by Crippen LogP contribution is -2.21. The van der Waals surface area contributed by atoms with Gasteiger partial charge in [-0.05, 0) is 19.8 Å². The van der Waals surface area contributed by atoms with Crippen molar-refractivity contribution < 1.29 is 9.47 Å². The molecule has 2 heteroatoms. The van der Waals surface area contributed by atoms with Gasteiger partial charge < -0.3 is 9.47 Å². The van der Waals surface area contributed by atoms with E-state index in [0.29, 0.717) is 6.10 Å². The molecule has 0 spiro atoms. The molecule has 1 heterocycles. The van der Waals surface area contributed by atoms with Crippen LogP contribution < -0.4 is 0 Å². The summed E-state index contributed by atoms with van der Waals surface area (Å²) in [6, 6.07) is 0. The van der Waals surface area contributed by atoms with E-state index in [1.165, 1.54) is 64.2 Å². The van der Waals surface area contributed by atoms with Crippen LogP contribution >= 0.6 is 0 Å². The van der Waals surface area contributed by atoms with Crippen LogP contribution in [0.1, 0.15) is 91.4 Å². The van der Waals surface area contributed by atoms with Gasteiger partial charge in [0, 0.05) is 6.61 Å². The summed E-state index contributed by atoms with van der Waals surface area (Å²) in [6.07, 6.45) is 15.3. The molecule has 1 fully saturated rings. The SMILES string of the molecule is CCCCCCCCCCCCOCC1(CC)OC1C. The van der Waals surface area contributed by atoms with Gasteiger partial charge in [0.15, 0.2) is 0 Å². The van der Waals surface area contributed by atoms with Crippen LogP contribution in [-0.2, 0) is 9.47 Å². The average Bonchev–Trinajstić information content (AvgIpc) is 3.11. The van der Waals surface area contributed by atoms with E-state index in [1.807, 2.05) is 0 Å². The molecule has 0 aromatic carbocycles. The summed E-state index contributed by atoms with van der Waals surface area (Å²) in [5.74, 6) is 0. The molecule has 0 amide bonds. The highest BCUT2D eigenvalue weighted by molar-refractivity contribution is 4.98. The van der Waals surface area contributed by atoms with Gasteiger partial charge >= 0.3 is 0 Å². The largest absolute Gasteiger partial charge is 0.378 e. The summed E-state index contributed by atoms with van der Waals surface area (Å²) in [4.78, 5) is 0. The predicted octanol–water partition coefficient (Wildman–Crippen LogP) is 5.49. The van der Waals surface area contributed by atoms with Gasteiger partial charge in [0.2, 0.25) is 0 Å². The fraction of sp³-hybridized carbons (Fsp3) is 1.00. The van der Waals surface area contributed by atoms with E-state index in [-0.39, 0.29) is 5.60 Å². The van der Waals surface area contributed by atoms with E-state index in [9.17, 15) is 0 Å². The van der Waals surface area contributed by atoms with E-state index in [1.54, 1.807) is 0 Å². The highest BCUT2D eigenvalue weighted by atomic mass is 16.6. The normalized spacial score (nSPS) is 25.1. The molecular weight excluding hydrogens is 248 g/mol. The van der Waals surface area contributed by atoms with Crippen molar-refractivity contribution in [3.05, 3.63) is 0 Å². The summed E-state index contributed by atoms with van der Waals surface area (Å²) in [6.45, 7) is 8.32. The second-order valence-corrected chi connectivity index (χ2v) is 6.41. The Labute approximate surface area is 126 Å². The van der Waals surface area contributed by atoms with Crippen LogP contribution in [0.25, 0.3) is 0 Å². The van der Waals surface area contributed by atoms with Crippen molar-refractivity contribution in [3.63, 3.8) is 0 Å². The first kappa shape index (κ1) is 18.0. The fourth-order valence-corrected chi connectivity index (χ4v) is 2.88. The Morgan fingerprint density at radius 2 is 1.35 bits per heavy atom. The molecule has 0 aromatic rings. The second-order valence-electron chi connectivity index (χ2n) is 6.41. The minimum atomic E-state index is 0.0679. The molecule has 1 aliphatic rings. The smallest absolute Gasteiger partial charge is 0.117 e. The third kappa shape index (κ3) is 7.08. The topological polar surface area (TPSA) is 21.8 Å². The maximum absolute atomic E-state index is 5.77. The molecule has 0 aromatic heterocycles. The predicted molar refractivity (Wildman–Crippen MR) is 86.2 cm³/mol. The van der Waals surface area contributed by atoms with Gasteiger partial charge in [-0.3, -0.25) is 0 Å². The maximum Gasteiger partial charge on any atom is 0.117 e. The summed E-state index contributed by atoms with van der Waals surface area (Å²) in [7, 11) is 0. The molecule has 0 radical (unpaired) electrons. The molecule has 1 aliphatic heterocycles. The molecule has 2 nitrogen and oxygen atoms in total. The van der Waals surface area contributed by atoms with Crippen LogP contribution in [-0.4, -0.2) is 24.9 Å². The van der Waals surface area contributed by atoms with Crippen LogP contribution in [0.3, 0.4) is 0 Å². The van der Waals surface area contributed by atoms with Crippen LogP contribution in [0.4, 0.5) is 0 Å². The lowest BCUT2D eigenvalue weighted by molar-refractivity contribution is 0.0742. The first-order valence-corrected chi connectivity index (χ1v) is 9.00.